The molecule has 0 amide bonds. The topological polar surface area (TPSA) is 85.1 Å². The Balaban J connectivity index is 1.75. The molecule has 1 aliphatic rings. The average Bonchev–Trinajstić information content (AvgIpc) is 3.00. The zero-order valence-corrected chi connectivity index (χ0v) is 12.4. The SMILES string of the molecule is O=S(=O)(Nc1cccc2nonc12)c1sccc1C1CC1. The molecular formula is C13H11N3O3S2. The van der Waals surface area contributed by atoms with Crippen LogP contribution in [0.25, 0.3) is 11.0 Å². The molecular weight excluding hydrogens is 310 g/mol. The van der Waals surface area contributed by atoms with E-state index in [-0.39, 0.29) is 0 Å². The Hall–Kier alpha value is -1.93. The summed E-state index contributed by atoms with van der Waals surface area (Å²) in [7, 11) is -3.62. The summed E-state index contributed by atoms with van der Waals surface area (Å²) < 4.78 is 32.8. The maximum absolute atomic E-state index is 12.6. The van der Waals surface area contributed by atoms with E-state index >= 15 is 0 Å². The molecule has 1 fully saturated rings. The fraction of sp³-hybridized carbons (Fsp3) is 0.231. The van der Waals surface area contributed by atoms with Crippen LogP contribution in [0.15, 0.2) is 38.5 Å². The fourth-order valence-corrected chi connectivity index (χ4v) is 4.90. The van der Waals surface area contributed by atoms with Gasteiger partial charge < -0.3 is 0 Å². The van der Waals surface area contributed by atoms with Gasteiger partial charge in [0.05, 0.1) is 5.69 Å². The van der Waals surface area contributed by atoms with Crippen LogP contribution in [0.3, 0.4) is 0 Å². The number of nitrogens with zero attached hydrogens (tertiary/aromatic N) is 2. The normalized spacial score (nSPS) is 15.4. The standard InChI is InChI=1S/C13H11N3O3S2/c17-21(18,13-9(6-7-20-13)8-4-5-8)16-11-3-1-2-10-12(11)15-19-14-10/h1-3,6-8,16H,4-5H2. The molecule has 0 aliphatic heterocycles. The molecule has 2 heterocycles. The molecule has 2 aromatic heterocycles. The zero-order chi connectivity index (χ0) is 14.4. The second-order valence-electron chi connectivity index (χ2n) is 4.98. The molecule has 6 nitrogen and oxygen atoms in total. The van der Waals surface area contributed by atoms with Crippen molar-refractivity contribution in [2.75, 3.05) is 4.72 Å². The van der Waals surface area contributed by atoms with E-state index in [4.69, 9.17) is 0 Å². The Kier molecular flexibility index (Phi) is 2.76. The Labute approximate surface area is 124 Å². The molecule has 4 rings (SSSR count). The lowest BCUT2D eigenvalue weighted by Crippen LogP contribution is -2.13. The molecule has 8 heteroatoms. The highest BCUT2D eigenvalue weighted by molar-refractivity contribution is 7.94. The van der Waals surface area contributed by atoms with E-state index in [1.807, 2.05) is 11.4 Å². The quantitative estimate of drug-likeness (QED) is 0.798. The van der Waals surface area contributed by atoms with E-state index in [1.165, 1.54) is 11.3 Å². The van der Waals surface area contributed by atoms with Crippen LogP contribution in [0.1, 0.15) is 24.3 Å². The predicted molar refractivity (Wildman–Crippen MR) is 78.9 cm³/mol. The summed E-state index contributed by atoms with van der Waals surface area (Å²) in [5, 5.41) is 9.27. The van der Waals surface area contributed by atoms with Gasteiger partial charge in [0.2, 0.25) is 0 Å². The maximum Gasteiger partial charge on any atom is 0.271 e. The zero-order valence-electron chi connectivity index (χ0n) is 10.8. The number of thiophene rings is 1. The van der Waals surface area contributed by atoms with Gasteiger partial charge in [-0.1, -0.05) is 6.07 Å². The number of anilines is 1. The summed E-state index contributed by atoms with van der Waals surface area (Å²) in [4.78, 5) is 0. The van der Waals surface area contributed by atoms with Crippen molar-refractivity contribution >= 4 is 38.1 Å². The molecule has 3 aromatic rings. The fourth-order valence-electron chi connectivity index (χ4n) is 2.30. The molecule has 0 saturated heterocycles. The molecule has 21 heavy (non-hydrogen) atoms. The number of hydrogen-bond acceptors (Lipinski definition) is 6. The molecule has 1 aliphatic carbocycles. The predicted octanol–water partition coefficient (Wildman–Crippen LogP) is 2.96. The van der Waals surface area contributed by atoms with Crippen molar-refractivity contribution < 1.29 is 13.0 Å². The third-order valence-electron chi connectivity index (χ3n) is 3.45. The van der Waals surface area contributed by atoms with Gasteiger partial charge in [0.15, 0.2) is 5.52 Å². The van der Waals surface area contributed by atoms with Crippen LogP contribution in [-0.2, 0) is 10.0 Å². The molecule has 0 spiro atoms. The number of sulfonamides is 1. The lowest BCUT2D eigenvalue weighted by molar-refractivity contribution is 0.315. The number of aromatic nitrogens is 2. The minimum Gasteiger partial charge on any atom is -0.277 e. The Bertz CT molecular complexity index is 910. The Morgan fingerprint density at radius 1 is 1.24 bits per heavy atom. The van der Waals surface area contributed by atoms with Crippen LogP contribution < -0.4 is 4.72 Å². The summed E-state index contributed by atoms with van der Waals surface area (Å²) >= 11 is 1.24. The second kappa shape index (κ2) is 4.54. The highest BCUT2D eigenvalue weighted by Gasteiger charge is 2.31. The van der Waals surface area contributed by atoms with E-state index in [1.54, 1.807) is 18.2 Å². The summed E-state index contributed by atoms with van der Waals surface area (Å²) in [5.74, 6) is 0.382. The summed E-state index contributed by atoms with van der Waals surface area (Å²) in [6.07, 6.45) is 2.12. The number of fused-ring (bicyclic) bond motifs is 1. The van der Waals surface area contributed by atoms with E-state index in [2.05, 4.69) is 19.7 Å². The van der Waals surface area contributed by atoms with Crippen LogP contribution >= 0.6 is 11.3 Å². The minimum atomic E-state index is -3.62. The number of hydrogen-bond donors (Lipinski definition) is 1. The first-order chi connectivity index (χ1) is 10.1. The van der Waals surface area contributed by atoms with Crippen molar-refractivity contribution in [3.05, 3.63) is 35.2 Å². The largest absolute Gasteiger partial charge is 0.277 e. The van der Waals surface area contributed by atoms with Gasteiger partial charge in [0, 0.05) is 0 Å². The summed E-state index contributed by atoms with van der Waals surface area (Å²) in [6, 6.07) is 6.97. The highest BCUT2D eigenvalue weighted by Crippen LogP contribution is 2.45. The molecule has 1 saturated carbocycles. The lowest BCUT2D eigenvalue weighted by atomic mass is 10.2. The third kappa shape index (κ3) is 2.20. The van der Waals surface area contributed by atoms with Crippen molar-refractivity contribution in [3.63, 3.8) is 0 Å². The highest BCUT2D eigenvalue weighted by atomic mass is 32.2. The lowest BCUT2D eigenvalue weighted by Gasteiger charge is -2.08. The van der Waals surface area contributed by atoms with Crippen LogP contribution in [0.5, 0.6) is 0 Å². The minimum absolute atomic E-state index is 0.379. The van der Waals surface area contributed by atoms with Crippen molar-refractivity contribution in [3.8, 4) is 0 Å². The average molecular weight is 321 g/mol. The van der Waals surface area contributed by atoms with E-state index in [0.29, 0.717) is 26.8 Å². The van der Waals surface area contributed by atoms with Crippen molar-refractivity contribution in [1.29, 1.82) is 0 Å². The summed E-state index contributed by atoms with van der Waals surface area (Å²) in [6.45, 7) is 0. The van der Waals surface area contributed by atoms with E-state index in [0.717, 1.165) is 18.4 Å². The van der Waals surface area contributed by atoms with Gasteiger partial charge in [0.25, 0.3) is 10.0 Å². The van der Waals surface area contributed by atoms with Crippen LogP contribution in [0.2, 0.25) is 0 Å². The van der Waals surface area contributed by atoms with Crippen LogP contribution in [0.4, 0.5) is 5.69 Å². The summed E-state index contributed by atoms with van der Waals surface area (Å²) in [5.41, 5.74) is 2.22. The van der Waals surface area contributed by atoms with Gasteiger partial charge in [-0.3, -0.25) is 4.72 Å². The molecule has 0 unspecified atom stereocenters. The van der Waals surface area contributed by atoms with Crippen molar-refractivity contribution in [2.24, 2.45) is 0 Å². The van der Waals surface area contributed by atoms with Gasteiger partial charge >= 0.3 is 0 Å². The first-order valence-corrected chi connectivity index (χ1v) is 8.83. The van der Waals surface area contributed by atoms with Gasteiger partial charge in [-0.25, -0.2) is 13.0 Å². The number of rotatable bonds is 4. The molecule has 1 N–H and O–H groups in total. The Morgan fingerprint density at radius 3 is 2.90 bits per heavy atom. The van der Waals surface area contributed by atoms with E-state index < -0.39 is 10.0 Å². The number of benzene rings is 1. The first kappa shape index (κ1) is 12.8. The molecule has 108 valence electrons. The monoisotopic (exact) mass is 321 g/mol. The smallest absolute Gasteiger partial charge is 0.271 e. The Morgan fingerprint density at radius 2 is 2.10 bits per heavy atom. The second-order valence-corrected chi connectivity index (χ2v) is 7.77. The van der Waals surface area contributed by atoms with Gasteiger partial charge in [-0.05, 0) is 58.2 Å². The molecule has 1 aromatic carbocycles. The van der Waals surface area contributed by atoms with Gasteiger partial charge in [-0.2, -0.15) is 0 Å². The molecule has 0 atom stereocenters. The van der Waals surface area contributed by atoms with Crippen molar-refractivity contribution in [2.45, 2.75) is 23.0 Å². The van der Waals surface area contributed by atoms with Crippen LogP contribution in [-0.4, -0.2) is 18.7 Å². The van der Waals surface area contributed by atoms with Crippen LogP contribution in [0, 0.1) is 0 Å². The molecule has 0 radical (unpaired) electrons. The third-order valence-corrected chi connectivity index (χ3v) is 6.33. The van der Waals surface area contributed by atoms with Gasteiger partial charge in [-0.15, -0.1) is 11.3 Å². The van der Waals surface area contributed by atoms with Gasteiger partial charge in [0.1, 0.15) is 9.73 Å². The maximum atomic E-state index is 12.6. The number of nitrogens with one attached hydrogen (secondary N) is 1. The van der Waals surface area contributed by atoms with E-state index in [9.17, 15) is 8.42 Å². The molecule has 0 bridgehead atoms. The van der Waals surface area contributed by atoms with Crippen molar-refractivity contribution in [1.82, 2.24) is 10.3 Å². The first-order valence-electron chi connectivity index (χ1n) is 6.46.